The molecule has 2 rings (SSSR count). The number of carbonyl (C=O) groups is 1. The van der Waals surface area contributed by atoms with Gasteiger partial charge >= 0.3 is 5.97 Å². The molecule has 1 aromatic carbocycles. The Hall–Kier alpha value is -1.39. The van der Waals surface area contributed by atoms with Crippen LogP contribution in [-0.4, -0.2) is 26.2 Å². The van der Waals surface area contributed by atoms with Gasteiger partial charge in [0.1, 0.15) is 0 Å². The van der Waals surface area contributed by atoms with Gasteiger partial charge in [0.15, 0.2) is 0 Å². The van der Waals surface area contributed by atoms with Gasteiger partial charge in [-0.05, 0) is 35.4 Å². The number of nitrogens with one attached hydrogen (secondary N) is 1. The Morgan fingerprint density at radius 2 is 2.24 bits per heavy atom. The van der Waals surface area contributed by atoms with Gasteiger partial charge in [0.05, 0.1) is 13.7 Å². The van der Waals surface area contributed by atoms with Crippen molar-refractivity contribution >= 4 is 27.4 Å². The van der Waals surface area contributed by atoms with Crippen molar-refractivity contribution in [3.8, 4) is 0 Å². The van der Waals surface area contributed by atoms with Crippen molar-refractivity contribution in [2.24, 2.45) is 0 Å². The third-order valence-electron chi connectivity index (χ3n) is 2.63. The van der Waals surface area contributed by atoms with Gasteiger partial charge in [-0.25, -0.2) is 0 Å². The van der Waals surface area contributed by atoms with Gasteiger partial charge in [0, 0.05) is 4.70 Å². The molecule has 0 radical (unpaired) electrons. The molecule has 90 valence electrons. The summed E-state index contributed by atoms with van der Waals surface area (Å²) in [7, 11) is 1.40. The van der Waals surface area contributed by atoms with Gasteiger partial charge < -0.3 is 10.1 Å². The van der Waals surface area contributed by atoms with Crippen molar-refractivity contribution in [1.82, 2.24) is 5.32 Å². The second kappa shape index (κ2) is 5.80. The molecule has 0 bridgehead atoms. The van der Waals surface area contributed by atoms with Gasteiger partial charge in [-0.2, -0.15) is 0 Å². The highest BCUT2D eigenvalue weighted by Crippen LogP contribution is 2.25. The minimum absolute atomic E-state index is 0.222. The second-order valence-corrected chi connectivity index (χ2v) is 4.67. The van der Waals surface area contributed by atoms with Crippen LogP contribution in [0.15, 0.2) is 29.6 Å². The largest absolute Gasteiger partial charge is 0.468 e. The van der Waals surface area contributed by atoms with Gasteiger partial charge in [0.25, 0.3) is 0 Å². The van der Waals surface area contributed by atoms with Crippen molar-refractivity contribution in [1.29, 1.82) is 0 Å². The molecule has 1 aromatic heterocycles. The van der Waals surface area contributed by atoms with Crippen molar-refractivity contribution < 1.29 is 9.53 Å². The van der Waals surface area contributed by atoms with E-state index >= 15 is 0 Å². The highest BCUT2D eigenvalue weighted by atomic mass is 32.1. The zero-order valence-corrected chi connectivity index (χ0v) is 10.5. The van der Waals surface area contributed by atoms with Crippen molar-refractivity contribution in [3.63, 3.8) is 0 Å². The van der Waals surface area contributed by atoms with Gasteiger partial charge in [-0.3, -0.25) is 4.79 Å². The lowest BCUT2D eigenvalue weighted by atomic mass is 10.1. The van der Waals surface area contributed by atoms with Crippen LogP contribution >= 0.6 is 11.3 Å². The summed E-state index contributed by atoms with van der Waals surface area (Å²) in [6, 6.07) is 8.38. The summed E-state index contributed by atoms with van der Waals surface area (Å²) in [5.74, 6) is -0.222. The molecule has 3 nitrogen and oxygen atoms in total. The first-order valence-corrected chi connectivity index (χ1v) is 6.42. The fourth-order valence-electron chi connectivity index (χ4n) is 1.71. The van der Waals surface area contributed by atoms with Crippen LogP contribution in [0.3, 0.4) is 0 Å². The molecule has 2 aromatic rings. The molecule has 0 unspecified atom stereocenters. The molecule has 0 fully saturated rings. The van der Waals surface area contributed by atoms with Crippen LogP contribution < -0.4 is 5.32 Å². The number of benzene rings is 1. The highest BCUT2D eigenvalue weighted by Gasteiger charge is 2.03. The number of hydrogen-bond acceptors (Lipinski definition) is 4. The first-order chi connectivity index (χ1) is 8.31. The Labute approximate surface area is 104 Å². The molecule has 0 saturated heterocycles. The predicted octanol–water partition coefficient (Wildman–Crippen LogP) is 2.21. The Bertz CT molecular complexity index is 507. The van der Waals surface area contributed by atoms with Crippen LogP contribution in [0.2, 0.25) is 0 Å². The molecule has 0 aliphatic rings. The van der Waals surface area contributed by atoms with Gasteiger partial charge in [-0.15, -0.1) is 11.3 Å². The first kappa shape index (κ1) is 12.1. The fraction of sp³-hybridized carbons (Fsp3) is 0.308. The van der Waals surface area contributed by atoms with E-state index in [9.17, 15) is 4.79 Å². The summed E-state index contributed by atoms with van der Waals surface area (Å²) in [5, 5.41) is 6.57. The molecule has 0 atom stereocenters. The highest BCUT2D eigenvalue weighted by molar-refractivity contribution is 7.17. The summed E-state index contributed by atoms with van der Waals surface area (Å²) in [6.07, 6.45) is 0.932. The lowest BCUT2D eigenvalue weighted by Gasteiger charge is -2.02. The van der Waals surface area contributed by atoms with E-state index in [-0.39, 0.29) is 12.5 Å². The SMILES string of the molecule is COC(=O)CNCCc1csc2ccccc12. The van der Waals surface area contributed by atoms with E-state index in [1.54, 1.807) is 11.3 Å². The van der Waals surface area contributed by atoms with Crippen LogP contribution in [0, 0.1) is 0 Å². The Morgan fingerprint density at radius 3 is 3.06 bits per heavy atom. The number of esters is 1. The third kappa shape index (κ3) is 3.05. The molecule has 0 saturated carbocycles. The molecule has 1 heterocycles. The van der Waals surface area contributed by atoms with E-state index in [0.717, 1.165) is 13.0 Å². The maximum Gasteiger partial charge on any atom is 0.319 e. The normalized spacial score (nSPS) is 10.6. The van der Waals surface area contributed by atoms with Crippen LogP contribution in [0.5, 0.6) is 0 Å². The van der Waals surface area contributed by atoms with E-state index in [1.807, 2.05) is 0 Å². The van der Waals surface area contributed by atoms with Gasteiger partial charge in [-0.1, -0.05) is 18.2 Å². The average Bonchev–Trinajstić information content (AvgIpc) is 2.78. The van der Waals surface area contributed by atoms with E-state index in [1.165, 1.54) is 22.8 Å². The quantitative estimate of drug-likeness (QED) is 0.652. The third-order valence-corrected chi connectivity index (χ3v) is 3.64. The Kier molecular flexibility index (Phi) is 4.12. The summed E-state index contributed by atoms with van der Waals surface area (Å²) in [4.78, 5) is 10.9. The summed E-state index contributed by atoms with van der Waals surface area (Å²) in [6.45, 7) is 1.06. The maximum atomic E-state index is 10.9. The molecule has 1 N–H and O–H groups in total. The van der Waals surface area contributed by atoms with Crippen LogP contribution in [-0.2, 0) is 16.0 Å². The number of carbonyl (C=O) groups excluding carboxylic acids is 1. The van der Waals surface area contributed by atoms with Crippen molar-refractivity contribution in [2.45, 2.75) is 6.42 Å². The standard InChI is InChI=1S/C13H15NO2S/c1-16-13(15)8-14-7-6-10-9-17-12-5-3-2-4-11(10)12/h2-5,9,14H,6-8H2,1H3. The topological polar surface area (TPSA) is 38.3 Å². The average molecular weight is 249 g/mol. The number of ether oxygens (including phenoxy) is 1. The molecular formula is C13H15NO2S. The van der Waals surface area contributed by atoms with E-state index in [2.05, 4.69) is 39.7 Å². The monoisotopic (exact) mass is 249 g/mol. The zero-order valence-electron chi connectivity index (χ0n) is 9.73. The second-order valence-electron chi connectivity index (χ2n) is 3.76. The minimum atomic E-state index is -0.222. The number of methoxy groups -OCH3 is 1. The molecule has 0 amide bonds. The minimum Gasteiger partial charge on any atom is -0.468 e. The van der Waals surface area contributed by atoms with E-state index < -0.39 is 0 Å². The van der Waals surface area contributed by atoms with Crippen LogP contribution in [0.25, 0.3) is 10.1 Å². The van der Waals surface area contributed by atoms with Crippen LogP contribution in [0.1, 0.15) is 5.56 Å². The predicted molar refractivity (Wildman–Crippen MR) is 70.4 cm³/mol. The summed E-state index contributed by atoms with van der Waals surface area (Å²) in [5.41, 5.74) is 1.34. The van der Waals surface area contributed by atoms with E-state index in [4.69, 9.17) is 0 Å². The van der Waals surface area contributed by atoms with Crippen LogP contribution in [0.4, 0.5) is 0 Å². The number of hydrogen-bond donors (Lipinski definition) is 1. The van der Waals surface area contributed by atoms with E-state index in [0.29, 0.717) is 0 Å². The zero-order chi connectivity index (χ0) is 12.1. The number of rotatable bonds is 5. The first-order valence-electron chi connectivity index (χ1n) is 5.54. The molecule has 0 aliphatic carbocycles. The summed E-state index contributed by atoms with van der Waals surface area (Å²) < 4.78 is 5.87. The Morgan fingerprint density at radius 1 is 1.41 bits per heavy atom. The summed E-state index contributed by atoms with van der Waals surface area (Å²) >= 11 is 1.76. The Balaban J connectivity index is 1.89. The fourth-order valence-corrected chi connectivity index (χ4v) is 2.71. The molecule has 4 heteroatoms. The number of thiophene rings is 1. The van der Waals surface area contributed by atoms with Crippen molar-refractivity contribution in [2.75, 3.05) is 20.2 Å². The smallest absolute Gasteiger partial charge is 0.319 e. The molecule has 0 spiro atoms. The molecular weight excluding hydrogens is 234 g/mol. The lowest BCUT2D eigenvalue weighted by molar-refractivity contribution is -0.139. The maximum absolute atomic E-state index is 10.9. The molecule has 17 heavy (non-hydrogen) atoms. The number of fused-ring (bicyclic) bond motifs is 1. The van der Waals surface area contributed by atoms with Crippen molar-refractivity contribution in [3.05, 3.63) is 35.2 Å². The molecule has 0 aliphatic heterocycles. The van der Waals surface area contributed by atoms with Gasteiger partial charge in [0.2, 0.25) is 0 Å². The lowest BCUT2D eigenvalue weighted by Crippen LogP contribution is -2.25.